The number of rotatable bonds is 6. The summed E-state index contributed by atoms with van der Waals surface area (Å²) < 4.78 is 3.96. The fourth-order valence-corrected chi connectivity index (χ4v) is 5.54. The van der Waals surface area contributed by atoms with Gasteiger partial charge in [0.05, 0.1) is 28.3 Å². The molecule has 1 atom stereocenters. The molecule has 6 rings (SSSR count). The van der Waals surface area contributed by atoms with Crippen molar-refractivity contribution in [3.8, 4) is 11.8 Å². The number of likely N-dealkylation sites (tertiary alicyclic amines) is 1. The van der Waals surface area contributed by atoms with E-state index in [1.165, 1.54) is 11.8 Å². The highest BCUT2D eigenvalue weighted by Gasteiger charge is 2.34. The number of carbonyl (C=O) groups is 2. The van der Waals surface area contributed by atoms with Gasteiger partial charge in [0.1, 0.15) is 17.2 Å². The molecule has 10 heteroatoms. The number of pyridine rings is 1. The van der Waals surface area contributed by atoms with Crippen LogP contribution in [0.25, 0.3) is 5.52 Å². The Labute approximate surface area is 219 Å². The van der Waals surface area contributed by atoms with Gasteiger partial charge in [0.25, 0.3) is 5.91 Å². The molecule has 0 bridgehead atoms. The molecule has 9 nitrogen and oxygen atoms in total. The number of nitrogens with zero attached hydrogens (tertiary/aromatic N) is 5. The number of nitrogens with two attached hydrogens (primary N) is 1. The first kappa shape index (κ1) is 23.6. The molecule has 3 aliphatic rings. The minimum Gasteiger partial charge on any atom is -0.373 e. The second-order valence-electron chi connectivity index (χ2n) is 9.99. The summed E-state index contributed by atoms with van der Waals surface area (Å²) in [4.78, 5) is 31.0. The predicted molar refractivity (Wildman–Crippen MR) is 141 cm³/mol. The molecule has 2 amide bonds. The molecule has 1 saturated heterocycles. The average molecular weight is 518 g/mol. The fourth-order valence-electron chi connectivity index (χ4n) is 5.29. The smallest absolute Gasteiger partial charge is 0.255 e. The largest absolute Gasteiger partial charge is 0.373 e. The zero-order valence-corrected chi connectivity index (χ0v) is 21.4. The third kappa shape index (κ3) is 4.05. The Balaban J connectivity index is 1.43. The van der Waals surface area contributed by atoms with Crippen molar-refractivity contribution in [2.45, 2.75) is 50.0 Å². The van der Waals surface area contributed by atoms with Crippen LogP contribution in [-0.2, 0) is 4.79 Å². The quantitative estimate of drug-likeness (QED) is 0.384. The second-order valence-corrected chi connectivity index (χ2v) is 10.4. The summed E-state index contributed by atoms with van der Waals surface area (Å²) in [5.74, 6) is 8.06. The Morgan fingerprint density at radius 2 is 1.97 bits per heavy atom. The molecule has 190 valence electrons. The molecule has 0 unspecified atom stereocenters. The van der Waals surface area contributed by atoms with Gasteiger partial charge in [-0.3, -0.25) is 14.0 Å². The van der Waals surface area contributed by atoms with E-state index in [2.05, 4.69) is 33.2 Å². The minimum atomic E-state index is -0.627. The molecule has 4 heterocycles. The summed E-state index contributed by atoms with van der Waals surface area (Å²) in [6.07, 6.45) is 8.46. The molecule has 0 aromatic carbocycles. The number of hydrogen-bond donors (Lipinski definition) is 2. The summed E-state index contributed by atoms with van der Waals surface area (Å²) in [6.45, 7) is 4.61. The van der Waals surface area contributed by atoms with Crippen molar-refractivity contribution in [2.24, 2.45) is 5.73 Å². The molecule has 0 radical (unpaired) electrons. The number of halogens is 1. The van der Waals surface area contributed by atoms with Gasteiger partial charge in [0.15, 0.2) is 5.69 Å². The van der Waals surface area contributed by atoms with Crippen molar-refractivity contribution in [1.29, 1.82) is 0 Å². The predicted octanol–water partition coefficient (Wildman–Crippen LogP) is 3.44. The first-order valence-corrected chi connectivity index (χ1v) is 13.0. The van der Waals surface area contributed by atoms with Crippen LogP contribution in [0.5, 0.6) is 0 Å². The van der Waals surface area contributed by atoms with E-state index in [0.717, 1.165) is 37.0 Å². The van der Waals surface area contributed by atoms with Gasteiger partial charge in [0, 0.05) is 31.7 Å². The van der Waals surface area contributed by atoms with Crippen LogP contribution in [0.3, 0.4) is 0 Å². The van der Waals surface area contributed by atoms with Crippen LogP contribution in [0.15, 0.2) is 24.9 Å². The first-order valence-electron chi connectivity index (χ1n) is 12.6. The molecule has 1 aliphatic heterocycles. The van der Waals surface area contributed by atoms with Crippen LogP contribution >= 0.6 is 11.6 Å². The van der Waals surface area contributed by atoms with Gasteiger partial charge in [-0.25, -0.2) is 9.67 Å². The number of primary amides is 1. The van der Waals surface area contributed by atoms with Gasteiger partial charge < -0.3 is 16.0 Å². The normalized spacial score (nSPS) is 19.1. The monoisotopic (exact) mass is 517 g/mol. The lowest BCUT2D eigenvalue weighted by Gasteiger charge is -2.16. The van der Waals surface area contributed by atoms with Gasteiger partial charge in [0.2, 0.25) is 5.91 Å². The Morgan fingerprint density at radius 1 is 1.22 bits per heavy atom. The Kier molecular flexibility index (Phi) is 5.72. The van der Waals surface area contributed by atoms with Crippen molar-refractivity contribution in [1.82, 2.24) is 24.1 Å². The van der Waals surface area contributed by atoms with Crippen molar-refractivity contribution in [3.63, 3.8) is 0 Å². The van der Waals surface area contributed by atoms with Gasteiger partial charge in [-0.15, -0.1) is 0 Å². The van der Waals surface area contributed by atoms with E-state index in [9.17, 15) is 9.59 Å². The van der Waals surface area contributed by atoms with Gasteiger partial charge in [-0.2, -0.15) is 5.10 Å². The SMILES string of the molecule is C=CC(=O)N1CC[C@H](n2nc(C#Cc3c(Cl)cc(C4CC4)n4c(C5CC5)ncc34)c(C(N)=O)c2NC)C1. The summed E-state index contributed by atoms with van der Waals surface area (Å²) in [5, 5.41) is 8.30. The van der Waals surface area contributed by atoms with Crippen LogP contribution in [0, 0.1) is 11.8 Å². The Bertz CT molecular complexity index is 1520. The van der Waals surface area contributed by atoms with Crippen LogP contribution in [0.1, 0.15) is 83.1 Å². The molecular formula is C27H28ClN7O2. The Hall–Kier alpha value is -3.77. The van der Waals surface area contributed by atoms with E-state index in [1.54, 1.807) is 16.6 Å². The molecule has 3 aromatic rings. The van der Waals surface area contributed by atoms with Crippen molar-refractivity contribution in [2.75, 3.05) is 25.5 Å². The van der Waals surface area contributed by atoms with Crippen LogP contribution in [0.2, 0.25) is 5.02 Å². The topological polar surface area (TPSA) is 111 Å². The molecule has 3 aromatic heterocycles. The van der Waals surface area contributed by atoms with Crippen molar-refractivity contribution in [3.05, 3.63) is 58.3 Å². The number of imidazole rings is 1. The maximum atomic E-state index is 12.5. The first-order chi connectivity index (χ1) is 17.9. The number of carbonyl (C=O) groups excluding carboxylic acids is 2. The van der Waals surface area contributed by atoms with Crippen LogP contribution in [0.4, 0.5) is 5.82 Å². The zero-order valence-electron chi connectivity index (χ0n) is 20.6. The zero-order chi connectivity index (χ0) is 25.8. The lowest BCUT2D eigenvalue weighted by molar-refractivity contribution is -0.125. The summed E-state index contributed by atoms with van der Waals surface area (Å²) >= 11 is 6.76. The van der Waals surface area contributed by atoms with Crippen LogP contribution < -0.4 is 11.1 Å². The molecule has 2 saturated carbocycles. The molecule has 37 heavy (non-hydrogen) atoms. The van der Waals surface area contributed by atoms with Crippen molar-refractivity contribution >= 4 is 34.7 Å². The van der Waals surface area contributed by atoms with E-state index in [0.29, 0.717) is 47.8 Å². The molecule has 3 fully saturated rings. The maximum absolute atomic E-state index is 12.5. The van der Waals surface area contributed by atoms with E-state index in [1.807, 2.05) is 12.3 Å². The van der Waals surface area contributed by atoms with E-state index >= 15 is 0 Å². The number of hydrogen-bond acceptors (Lipinski definition) is 5. The number of aromatic nitrogens is 4. The lowest BCUT2D eigenvalue weighted by atomic mass is 10.1. The van der Waals surface area contributed by atoms with Crippen molar-refractivity contribution < 1.29 is 9.59 Å². The molecule has 0 spiro atoms. The third-order valence-electron chi connectivity index (χ3n) is 7.45. The number of anilines is 1. The standard InChI is InChI=1S/C27H28ClN7O2/c1-3-23(36)33-11-10-17(14-33)35-27(30-2)24(25(29)37)20(32-35)9-8-18-19(28)12-21(15-4-5-15)34-22(18)13-31-26(34)16-6-7-16/h3,12-13,15-17,30H,1,4-7,10-11,14H2,2H3,(H2,29,37)/t17-/m0/s1. The third-order valence-corrected chi connectivity index (χ3v) is 7.75. The second kappa shape index (κ2) is 8.96. The molecule has 2 aliphatic carbocycles. The maximum Gasteiger partial charge on any atom is 0.255 e. The molecule has 3 N–H and O–H groups in total. The number of fused-ring (bicyclic) bond motifs is 1. The fraction of sp³-hybridized carbons (Fsp3) is 0.407. The van der Waals surface area contributed by atoms with E-state index < -0.39 is 5.91 Å². The summed E-state index contributed by atoms with van der Waals surface area (Å²) in [7, 11) is 1.71. The lowest BCUT2D eigenvalue weighted by Crippen LogP contribution is -2.27. The van der Waals surface area contributed by atoms with E-state index in [4.69, 9.17) is 22.3 Å². The van der Waals surface area contributed by atoms with E-state index in [-0.39, 0.29) is 23.2 Å². The summed E-state index contributed by atoms with van der Waals surface area (Å²) in [6, 6.07) is 1.89. The highest BCUT2D eigenvalue weighted by Crippen LogP contribution is 2.46. The average Bonchev–Trinajstić information content (AvgIpc) is 3.78. The Morgan fingerprint density at radius 3 is 2.62 bits per heavy atom. The van der Waals surface area contributed by atoms with Gasteiger partial charge >= 0.3 is 0 Å². The number of amides is 2. The molecular weight excluding hydrogens is 490 g/mol. The highest BCUT2D eigenvalue weighted by molar-refractivity contribution is 6.32. The minimum absolute atomic E-state index is 0.121. The van der Waals surface area contributed by atoms with Gasteiger partial charge in [-0.05, 0) is 56.1 Å². The van der Waals surface area contributed by atoms with Gasteiger partial charge in [-0.1, -0.05) is 24.1 Å². The summed E-state index contributed by atoms with van der Waals surface area (Å²) in [5.41, 5.74) is 9.00. The number of nitrogens with one attached hydrogen (secondary N) is 1. The van der Waals surface area contributed by atoms with Crippen LogP contribution in [-0.4, -0.2) is 56.0 Å². The highest BCUT2D eigenvalue weighted by atomic mass is 35.5.